The highest BCUT2D eigenvalue weighted by molar-refractivity contribution is 7.09. The Bertz CT molecular complexity index is 278. The number of rotatable bonds is 2. The Morgan fingerprint density at radius 2 is 2.29 bits per heavy atom. The fourth-order valence-corrected chi connectivity index (χ4v) is 2.56. The molecule has 0 saturated heterocycles. The second kappa shape index (κ2) is 4.23. The zero-order chi connectivity index (χ0) is 9.97. The fraction of sp³-hybridized carbons (Fsp3) is 0.778. The number of anilines is 1. The molecule has 4 nitrogen and oxygen atoms in total. The maximum atomic E-state index is 9.85. The third-order valence-electron chi connectivity index (χ3n) is 2.84. The van der Waals surface area contributed by atoms with E-state index in [0.717, 1.165) is 24.4 Å². The van der Waals surface area contributed by atoms with Gasteiger partial charge in [0.25, 0.3) is 0 Å². The Morgan fingerprint density at radius 1 is 1.50 bits per heavy atom. The minimum atomic E-state index is -0.211. The summed E-state index contributed by atoms with van der Waals surface area (Å²) in [6, 6.07) is 0.219. The third-order valence-corrected chi connectivity index (χ3v) is 3.60. The van der Waals surface area contributed by atoms with Crippen molar-refractivity contribution in [1.29, 1.82) is 0 Å². The maximum absolute atomic E-state index is 9.85. The standard InChI is InChI=1S/C9H15N3OS/c1-12(9-10-6-11-14-9)7-4-2-3-5-8(7)13/h6-8,13H,2-5H2,1H3. The van der Waals surface area contributed by atoms with Gasteiger partial charge in [-0.3, -0.25) is 0 Å². The van der Waals surface area contributed by atoms with Crippen LogP contribution in [0.4, 0.5) is 5.13 Å². The van der Waals surface area contributed by atoms with Crippen molar-refractivity contribution in [3.63, 3.8) is 0 Å². The van der Waals surface area contributed by atoms with Gasteiger partial charge in [-0.15, -0.1) is 0 Å². The van der Waals surface area contributed by atoms with Gasteiger partial charge in [-0.1, -0.05) is 12.8 Å². The van der Waals surface area contributed by atoms with E-state index in [1.54, 1.807) is 6.33 Å². The highest BCUT2D eigenvalue weighted by atomic mass is 32.1. The van der Waals surface area contributed by atoms with Gasteiger partial charge < -0.3 is 10.0 Å². The molecule has 2 rings (SSSR count). The molecule has 1 saturated carbocycles. The van der Waals surface area contributed by atoms with Gasteiger partial charge in [0.2, 0.25) is 5.13 Å². The molecular weight excluding hydrogens is 198 g/mol. The van der Waals surface area contributed by atoms with E-state index < -0.39 is 0 Å². The van der Waals surface area contributed by atoms with Gasteiger partial charge in [0.05, 0.1) is 12.1 Å². The van der Waals surface area contributed by atoms with E-state index in [1.807, 2.05) is 7.05 Å². The van der Waals surface area contributed by atoms with Gasteiger partial charge in [0.15, 0.2) is 0 Å². The SMILES string of the molecule is CN(c1ncns1)C1CCCCC1O. The van der Waals surface area contributed by atoms with Crippen LogP contribution in [0.25, 0.3) is 0 Å². The first-order chi connectivity index (χ1) is 6.79. The van der Waals surface area contributed by atoms with Crippen molar-refractivity contribution < 1.29 is 5.11 Å². The molecule has 1 fully saturated rings. The molecular formula is C9H15N3OS. The molecule has 2 atom stereocenters. The average molecular weight is 213 g/mol. The lowest BCUT2D eigenvalue weighted by atomic mass is 9.92. The minimum absolute atomic E-state index is 0.211. The summed E-state index contributed by atoms with van der Waals surface area (Å²) in [7, 11) is 1.99. The smallest absolute Gasteiger partial charge is 0.204 e. The lowest BCUT2D eigenvalue weighted by molar-refractivity contribution is 0.106. The molecule has 1 aliphatic carbocycles. The van der Waals surface area contributed by atoms with E-state index >= 15 is 0 Å². The van der Waals surface area contributed by atoms with Crippen molar-refractivity contribution >= 4 is 16.7 Å². The van der Waals surface area contributed by atoms with Gasteiger partial charge in [-0.2, -0.15) is 4.37 Å². The molecule has 1 aromatic heterocycles. The molecule has 0 aliphatic heterocycles. The second-order valence-corrected chi connectivity index (χ2v) is 4.51. The Labute approximate surface area is 87.8 Å². The Morgan fingerprint density at radius 3 is 2.93 bits per heavy atom. The molecule has 1 N–H and O–H groups in total. The molecule has 0 radical (unpaired) electrons. The van der Waals surface area contributed by atoms with E-state index in [1.165, 1.54) is 18.0 Å². The van der Waals surface area contributed by atoms with E-state index in [0.29, 0.717) is 0 Å². The van der Waals surface area contributed by atoms with Crippen molar-refractivity contribution in [2.24, 2.45) is 0 Å². The molecule has 78 valence electrons. The van der Waals surface area contributed by atoms with Crippen molar-refractivity contribution in [2.75, 3.05) is 11.9 Å². The largest absolute Gasteiger partial charge is 0.391 e. The van der Waals surface area contributed by atoms with E-state index in [2.05, 4.69) is 14.3 Å². The average Bonchev–Trinajstić information content (AvgIpc) is 2.70. The number of aliphatic hydroxyl groups is 1. The van der Waals surface area contributed by atoms with Crippen LogP contribution in [0.15, 0.2) is 6.33 Å². The van der Waals surface area contributed by atoms with Gasteiger partial charge in [0.1, 0.15) is 6.33 Å². The first-order valence-corrected chi connectivity index (χ1v) is 5.74. The lowest BCUT2D eigenvalue weighted by Crippen LogP contribution is -2.43. The Kier molecular flexibility index (Phi) is 2.98. The Hall–Kier alpha value is -0.680. The summed E-state index contributed by atoms with van der Waals surface area (Å²) in [5.41, 5.74) is 0. The normalized spacial score (nSPS) is 27.6. The summed E-state index contributed by atoms with van der Waals surface area (Å²) in [5.74, 6) is 0. The molecule has 0 aromatic carbocycles. The van der Waals surface area contributed by atoms with Crippen molar-refractivity contribution in [2.45, 2.75) is 37.8 Å². The van der Waals surface area contributed by atoms with E-state index in [-0.39, 0.29) is 12.1 Å². The lowest BCUT2D eigenvalue weighted by Gasteiger charge is -2.34. The summed E-state index contributed by atoms with van der Waals surface area (Å²) in [4.78, 5) is 6.21. The predicted octanol–water partition coefficient (Wildman–Crippen LogP) is 1.28. The highest BCUT2D eigenvalue weighted by Crippen LogP contribution is 2.26. The van der Waals surface area contributed by atoms with Crippen LogP contribution < -0.4 is 4.90 Å². The van der Waals surface area contributed by atoms with Gasteiger partial charge in [-0.05, 0) is 12.8 Å². The highest BCUT2D eigenvalue weighted by Gasteiger charge is 2.27. The zero-order valence-electron chi connectivity index (χ0n) is 8.26. The van der Waals surface area contributed by atoms with Crippen LogP contribution in [-0.4, -0.2) is 33.7 Å². The minimum Gasteiger partial charge on any atom is -0.391 e. The number of aromatic nitrogens is 2. The molecule has 0 amide bonds. The van der Waals surface area contributed by atoms with E-state index in [9.17, 15) is 5.11 Å². The van der Waals surface area contributed by atoms with Crippen LogP contribution in [0, 0.1) is 0 Å². The number of hydrogen-bond donors (Lipinski definition) is 1. The van der Waals surface area contributed by atoms with Crippen molar-refractivity contribution in [3.05, 3.63) is 6.33 Å². The van der Waals surface area contributed by atoms with Crippen LogP contribution >= 0.6 is 11.5 Å². The molecule has 0 spiro atoms. The van der Waals surface area contributed by atoms with Crippen LogP contribution in [0.5, 0.6) is 0 Å². The maximum Gasteiger partial charge on any atom is 0.204 e. The molecule has 1 heterocycles. The predicted molar refractivity (Wildman–Crippen MR) is 56.6 cm³/mol. The molecule has 2 unspecified atom stereocenters. The van der Waals surface area contributed by atoms with Gasteiger partial charge in [-0.25, -0.2) is 4.98 Å². The second-order valence-electron chi connectivity index (χ2n) is 3.75. The first kappa shape index (κ1) is 9.86. The fourth-order valence-electron chi connectivity index (χ4n) is 2.01. The number of nitrogens with zero attached hydrogens (tertiary/aromatic N) is 3. The topological polar surface area (TPSA) is 49.2 Å². The summed E-state index contributed by atoms with van der Waals surface area (Å²) in [5, 5.41) is 10.8. The van der Waals surface area contributed by atoms with Crippen LogP contribution in [-0.2, 0) is 0 Å². The first-order valence-electron chi connectivity index (χ1n) is 4.96. The summed E-state index contributed by atoms with van der Waals surface area (Å²) in [6.07, 6.45) is 5.65. The third kappa shape index (κ3) is 1.88. The molecule has 1 aliphatic rings. The van der Waals surface area contributed by atoms with Crippen LogP contribution in [0.2, 0.25) is 0 Å². The van der Waals surface area contributed by atoms with Crippen molar-refractivity contribution in [1.82, 2.24) is 9.36 Å². The van der Waals surface area contributed by atoms with Crippen LogP contribution in [0.1, 0.15) is 25.7 Å². The number of aliphatic hydroxyl groups excluding tert-OH is 1. The number of likely N-dealkylation sites (N-methyl/N-ethyl adjacent to an activating group) is 1. The summed E-state index contributed by atoms with van der Waals surface area (Å²) >= 11 is 1.38. The molecule has 5 heteroatoms. The van der Waals surface area contributed by atoms with Gasteiger partial charge in [0, 0.05) is 18.6 Å². The quantitative estimate of drug-likeness (QED) is 0.804. The van der Waals surface area contributed by atoms with Crippen molar-refractivity contribution in [3.8, 4) is 0 Å². The van der Waals surface area contributed by atoms with Crippen LogP contribution in [0.3, 0.4) is 0 Å². The molecule has 0 bridgehead atoms. The Balaban J connectivity index is 2.06. The van der Waals surface area contributed by atoms with Gasteiger partial charge >= 0.3 is 0 Å². The summed E-state index contributed by atoms with van der Waals surface area (Å²) < 4.78 is 3.97. The molecule has 1 aromatic rings. The monoisotopic (exact) mass is 213 g/mol. The zero-order valence-corrected chi connectivity index (χ0v) is 9.07. The summed E-state index contributed by atoms with van der Waals surface area (Å²) in [6.45, 7) is 0. The number of hydrogen-bond acceptors (Lipinski definition) is 5. The molecule has 14 heavy (non-hydrogen) atoms. The van der Waals surface area contributed by atoms with E-state index in [4.69, 9.17) is 0 Å².